The normalized spacial score (nSPS) is 13.6. The van der Waals surface area contributed by atoms with E-state index in [0.717, 1.165) is 64.7 Å². The molecule has 0 aliphatic rings. The average molecular weight is 429 g/mol. The predicted octanol–water partition coefficient (Wildman–Crippen LogP) is 5.95. The molecular formula is C26H56N2O2. The molecule has 30 heavy (non-hydrogen) atoms. The zero-order valence-corrected chi connectivity index (χ0v) is 20.6. The van der Waals surface area contributed by atoms with Gasteiger partial charge in [-0.15, -0.1) is 0 Å². The lowest BCUT2D eigenvalue weighted by Crippen LogP contribution is -2.29. The van der Waals surface area contributed by atoms with Gasteiger partial charge in [-0.3, -0.25) is 0 Å². The first-order valence-electron chi connectivity index (χ1n) is 13.5. The maximum Gasteiger partial charge on any atom is 0.0664 e. The SMILES string of the molecule is CCCCCCCCCC(O)CNCCCCNCC(O)CCCCCCCCC. The molecule has 4 N–H and O–H groups in total. The van der Waals surface area contributed by atoms with Crippen molar-refractivity contribution >= 4 is 0 Å². The van der Waals surface area contributed by atoms with Gasteiger partial charge in [0.25, 0.3) is 0 Å². The largest absolute Gasteiger partial charge is 0.392 e. The Balaban J connectivity index is 3.23. The van der Waals surface area contributed by atoms with Gasteiger partial charge in [0.2, 0.25) is 0 Å². The molecule has 0 aromatic heterocycles. The zero-order valence-electron chi connectivity index (χ0n) is 20.6. The van der Waals surface area contributed by atoms with Gasteiger partial charge in [0.1, 0.15) is 0 Å². The third-order valence-corrected chi connectivity index (χ3v) is 6.00. The molecule has 0 fully saturated rings. The molecule has 0 aromatic rings. The van der Waals surface area contributed by atoms with Crippen LogP contribution in [0.2, 0.25) is 0 Å². The van der Waals surface area contributed by atoms with Gasteiger partial charge < -0.3 is 20.8 Å². The number of unbranched alkanes of at least 4 members (excludes halogenated alkanes) is 13. The third-order valence-electron chi connectivity index (χ3n) is 6.00. The number of hydrogen-bond acceptors (Lipinski definition) is 4. The Morgan fingerprint density at radius 3 is 1.17 bits per heavy atom. The molecule has 0 aliphatic carbocycles. The molecule has 0 rings (SSSR count). The van der Waals surface area contributed by atoms with Gasteiger partial charge >= 0.3 is 0 Å². The summed E-state index contributed by atoms with van der Waals surface area (Å²) in [4.78, 5) is 0. The van der Waals surface area contributed by atoms with Crippen molar-refractivity contribution in [3.63, 3.8) is 0 Å². The minimum atomic E-state index is -0.194. The maximum absolute atomic E-state index is 10.0. The standard InChI is InChI=1S/C26H56N2O2/c1-3-5-7-9-11-13-15-19-25(29)23-27-21-17-18-22-28-24-26(30)20-16-14-12-10-8-6-4-2/h25-30H,3-24H2,1-2H3. The number of aliphatic hydroxyl groups excluding tert-OH is 2. The van der Waals surface area contributed by atoms with Crippen LogP contribution in [-0.4, -0.2) is 48.6 Å². The van der Waals surface area contributed by atoms with E-state index in [1.807, 2.05) is 0 Å². The Morgan fingerprint density at radius 2 is 0.800 bits per heavy atom. The summed E-state index contributed by atoms with van der Waals surface area (Å²) in [6.45, 7) is 7.89. The lowest BCUT2D eigenvalue weighted by Gasteiger charge is -2.13. The van der Waals surface area contributed by atoms with E-state index in [2.05, 4.69) is 24.5 Å². The van der Waals surface area contributed by atoms with Gasteiger partial charge in [-0.25, -0.2) is 0 Å². The highest BCUT2D eigenvalue weighted by Crippen LogP contribution is 2.10. The van der Waals surface area contributed by atoms with Crippen LogP contribution in [0.15, 0.2) is 0 Å². The molecule has 0 radical (unpaired) electrons. The second-order valence-corrected chi connectivity index (χ2v) is 9.24. The number of rotatable bonds is 25. The summed E-state index contributed by atoms with van der Waals surface area (Å²) < 4.78 is 0. The first-order chi connectivity index (χ1) is 14.7. The highest BCUT2D eigenvalue weighted by Gasteiger charge is 2.04. The van der Waals surface area contributed by atoms with Crippen LogP contribution in [0.1, 0.15) is 129 Å². The molecular weight excluding hydrogens is 372 g/mol. The lowest BCUT2D eigenvalue weighted by molar-refractivity contribution is 0.156. The second-order valence-electron chi connectivity index (χ2n) is 9.24. The van der Waals surface area contributed by atoms with E-state index in [-0.39, 0.29) is 12.2 Å². The summed E-state index contributed by atoms with van der Waals surface area (Å²) in [5.41, 5.74) is 0. The van der Waals surface area contributed by atoms with Gasteiger partial charge in [-0.2, -0.15) is 0 Å². The van der Waals surface area contributed by atoms with E-state index in [1.165, 1.54) is 77.0 Å². The topological polar surface area (TPSA) is 64.5 Å². The van der Waals surface area contributed by atoms with Gasteiger partial charge in [-0.1, -0.05) is 104 Å². The van der Waals surface area contributed by atoms with Crippen LogP contribution in [0.3, 0.4) is 0 Å². The molecule has 4 nitrogen and oxygen atoms in total. The summed E-state index contributed by atoms with van der Waals surface area (Å²) >= 11 is 0. The van der Waals surface area contributed by atoms with E-state index < -0.39 is 0 Å². The van der Waals surface area contributed by atoms with Crippen LogP contribution in [0, 0.1) is 0 Å². The first-order valence-corrected chi connectivity index (χ1v) is 13.5. The van der Waals surface area contributed by atoms with Gasteiger partial charge in [-0.05, 0) is 38.8 Å². The van der Waals surface area contributed by atoms with Crippen molar-refractivity contribution in [1.82, 2.24) is 10.6 Å². The van der Waals surface area contributed by atoms with Crippen molar-refractivity contribution in [1.29, 1.82) is 0 Å². The summed E-state index contributed by atoms with van der Waals surface area (Å²) in [7, 11) is 0. The Labute approximate surface area is 189 Å². The predicted molar refractivity (Wildman–Crippen MR) is 132 cm³/mol. The minimum absolute atomic E-state index is 0.194. The molecule has 4 heteroatoms. The quantitative estimate of drug-likeness (QED) is 0.136. The van der Waals surface area contributed by atoms with Crippen LogP contribution in [-0.2, 0) is 0 Å². The highest BCUT2D eigenvalue weighted by molar-refractivity contribution is 4.62. The van der Waals surface area contributed by atoms with E-state index in [9.17, 15) is 10.2 Å². The molecule has 0 aliphatic heterocycles. The number of aliphatic hydroxyl groups is 2. The van der Waals surface area contributed by atoms with Crippen molar-refractivity contribution < 1.29 is 10.2 Å². The molecule has 182 valence electrons. The summed E-state index contributed by atoms with van der Waals surface area (Å²) in [6, 6.07) is 0. The fourth-order valence-corrected chi connectivity index (χ4v) is 3.92. The molecule has 0 saturated heterocycles. The van der Waals surface area contributed by atoms with Crippen molar-refractivity contribution in [3.8, 4) is 0 Å². The van der Waals surface area contributed by atoms with E-state index in [1.54, 1.807) is 0 Å². The lowest BCUT2D eigenvalue weighted by atomic mass is 10.1. The van der Waals surface area contributed by atoms with Crippen molar-refractivity contribution in [2.24, 2.45) is 0 Å². The van der Waals surface area contributed by atoms with Crippen molar-refractivity contribution in [2.75, 3.05) is 26.2 Å². The molecule has 0 heterocycles. The van der Waals surface area contributed by atoms with Crippen LogP contribution in [0.4, 0.5) is 0 Å². The Bertz CT molecular complexity index is 285. The fraction of sp³-hybridized carbons (Fsp3) is 1.00. The third kappa shape index (κ3) is 24.1. The molecule has 0 spiro atoms. The Kier molecular flexibility index (Phi) is 25.0. The van der Waals surface area contributed by atoms with Gasteiger partial charge in [0.05, 0.1) is 12.2 Å². The first kappa shape index (κ1) is 29.8. The van der Waals surface area contributed by atoms with Crippen LogP contribution >= 0.6 is 0 Å². The highest BCUT2D eigenvalue weighted by atomic mass is 16.3. The Hall–Kier alpha value is -0.160. The number of hydrogen-bond donors (Lipinski definition) is 4. The zero-order chi connectivity index (χ0) is 22.1. The molecule has 0 bridgehead atoms. The van der Waals surface area contributed by atoms with E-state index >= 15 is 0 Å². The molecule has 2 atom stereocenters. The van der Waals surface area contributed by atoms with Gasteiger partial charge in [0.15, 0.2) is 0 Å². The van der Waals surface area contributed by atoms with Crippen LogP contribution in [0.25, 0.3) is 0 Å². The summed E-state index contributed by atoms with van der Waals surface area (Å²) in [5, 5.41) is 26.8. The monoisotopic (exact) mass is 428 g/mol. The smallest absolute Gasteiger partial charge is 0.0664 e. The second kappa shape index (κ2) is 25.1. The molecule has 2 unspecified atom stereocenters. The molecule has 0 amide bonds. The van der Waals surface area contributed by atoms with Gasteiger partial charge in [0, 0.05) is 13.1 Å². The van der Waals surface area contributed by atoms with Crippen molar-refractivity contribution in [3.05, 3.63) is 0 Å². The van der Waals surface area contributed by atoms with Crippen LogP contribution < -0.4 is 10.6 Å². The van der Waals surface area contributed by atoms with E-state index in [4.69, 9.17) is 0 Å². The average Bonchev–Trinajstić information content (AvgIpc) is 2.74. The molecule has 0 saturated carbocycles. The molecule has 0 aromatic carbocycles. The summed E-state index contributed by atoms with van der Waals surface area (Å²) in [6.07, 6.45) is 22.0. The number of nitrogens with one attached hydrogen (secondary N) is 2. The fourth-order valence-electron chi connectivity index (χ4n) is 3.92. The maximum atomic E-state index is 10.0. The van der Waals surface area contributed by atoms with Crippen molar-refractivity contribution in [2.45, 2.75) is 142 Å². The van der Waals surface area contributed by atoms with Crippen LogP contribution in [0.5, 0.6) is 0 Å². The minimum Gasteiger partial charge on any atom is -0.392 e. The van der Waals surface area contributed by atoms with E-state index in [0.29, 0.717) is 0 Å². The summed E-state index contributed by atoms with van der Waals surface area (Å²) in [5.74, 6) is 0. The Morgan fingerprint density at radius 1 is 0.467 bits per heavy atom.